The molecular formula is C20H31N3OS. The van der Waals surface area contributed by atoms with Gasteiger partial charge >= 0.3 is 0 Å². The summed E-state index contributed by atoms with van der Waals surface area (Å²) >= 11 is 1.58. The van der Waals surface area contributed by atoms with Crippen molar-refractivity contribution in [2.75, 3.05) is 30.6 Å². The number of anilines is 1. The molecule has 1 heterocycles. The van der Waals surface area contributed by atoms with Crippen molar-refractivity contribution in [2.45, 2.75) is 51.0 Å². The van der Waals surface area contributed by atoms with Gasteiger partial charge in [0.15, 0.2) is 0 Å². The molecule has 1 saturated carbocycles. The Balaban J connectivity index is 1.69. The molecule has 1 aromatic carbocycles. The molecule has 1 saturated heterocycles. The summed E-state index contributed by atoms with van der Waals surface area (Å²) in [6.07, 6.45) is 6.50. The van der Waals surface area contributed by atoms with Crippen LogP contribution in [0.1, 0.15) is 45.1 Å². The van der Waals surface area contributed by atoms with Crippen LogP contribution in [0.25, 0.3) is 0 Å². The van der Waals surface area contributed by atoms with Crippen molar-refractivity contribution >= 4 is 23.5 Å². The van der Waals surface area contributed by atoms with Crippen LogP contribution < -0.4 is 10.0 Å². The third-order valence-corrected chi connectivity index (χ3v) is 6.03. The van der Waals surface area contributed by atoms with Crippen LogP contribution in [-0.4, -0.2) is 42.7 Å². The third kappa shape index (κ3) is 4.32. The van der Waals surface area contributed by atoms with E-state index in [1.807, 2.05) is 12.3 Å². The highest BCUT2D eigenvalue weighted by Gasteiger charge is 2.51. The molecule has 4 nitrogen and oxygen atoms in total. The van der Waals surface area contributed by atoms with E-state index in [1.54, 1.807) is 11.9 Å². The Labute approximate surface area is 156 Å². The molecule has 3 rings (SSSR count). The van der Waals surface area contributed by atoms with Crippen LogP contribution in [0.15, 0.2) is 24.3 Å². The fourth-order valence-corrected chi connectivity index (χ4v) is 4.11. The number of carbonyl (C=O) groups excluding carboxylic acids is 1. The molecule has 25 heavy (non-hydrogen) atoms. The molecule has 1 aliphatic carbocycles. The minimum Gasteiger partial charge on any atom is -0.351 e. The van der Waals surface area contributed by atoms with Gasteiger partial charge in [0.25, 0.3) is 0 Å². The van der Waals surface area contributed by atoms with Gasteiger partial charge in [0.1, 0.15) is 0 Å². The lowest BCUT2D eigenvalue weighted by atomic mass is 9.93. The predicted octanol–water partition coefficient (Wildman–Crippen LogP) is 3.64. The second-order valence-corrected chi connectivity index (χ2v) is 8.41. The van der Waals surface area contributed by atoms with E-state index in [2.05, 4.69) is 47.0 Å². The first kappa shape index (κ1) is 18.6. The fourth-order valence-electron chi connectivity index (χ4n) is 3.74. The van der Waals surface area contributed by atoms with Crippen molar-refractivity contribution in [3.63, 3.8) is 0 Å². The Morgan fingerprint density at radius 3 is 2.60 bits per heavy atom. The van der Waals surface area contributed by atoms with E-state index in [0.29, 0.717) is 5.92 Å². The SMILES string of the molecule is CSNc1cccc(C2(C(=O)NC(CN3CCCC3)C(C)C)CC2)c1. The summed E-state index contributed by atoms with van der Waals surface area (Å²) in [7, 11) is 0. The highest BCUT2D eigenvalue weighted by Crippen LogP contribution is 2.49. The van der Waals surface area contributed by atoms with Crippen molar-refractivity contribution in [3.05, 3.63) is 29.8 Å². The summed E-state index contributed by atoms with van der Waals surface area (Å²) in [5.41, 5.74) is 1.91. The Hall–Kier alpha value is -1.20. The van der Waals surface area contributed by atoms with Gasteiger partial charge < -0.3 is 14.9 Å². The van der Waals surface area contributed by atoms with Crippen LogP contribution >= 0.6 is 11.9 Å². The molecule has 138 valence electrons. The number of nitrogens with zero attached hydrogens (tertiary/aromatic N) is 1. The summed E-state index contributed by atoms with van der Waals surface area (Å²) in [4.78, 5) is 15.6. The lowest BCUT2D eigenvalue weighted by molar-refractivity contribution is -0.124. The number of amides is 1. The first-order valence-corrected chi connectivity index (χ1v) is 10.7. The molecule has 1 amide bonds. The second-order valence-electron chi connectivity index (χ2n) is 7.80. The molecule has 1 aromatic rings. The van der Waals surface area contributed by atoms with Gasteiger partial charge in [0.2, 0.25) is 5.91 Å². The van der Waals surface area contributed by atoms with Crippen LogP contribution in [0.5, 0.6) is 0 Å². The molecule has 5 heteroatoms. The quantitative estimate of drug-likeness (QED) is 0.694. The minimum atomic E-state index is -0.311. The highest BCUT2D eigenvalue weighted by molar-refractivity contribution is 7.99. The summed E-state index contributed by atoms with van der Waals surface area (Å²) in [6, 6.07) is 8.57. The van der Waals surface area contributed by atoms with E-state index in [-0.39, 0.29) is 17.4 Å². The third-order valence-electron chi connectivity index (χ3n) is 5.59. The molecule has 1 atom stereocenters. The van der Waals surface area contributed by atoms with Gasteiger partial charge in [-0.05, 0) is 62.4 Å². The average Bonchev–Trinajstić information content (AvgIpc) is 3.26. The zero-order valence-corrected chi connectivity index (χ0v) is 16.5. The van der Waals surface area contributed by atoms with Crippen molar-refractivity contribution in [1.82, 2.24) is 10.2 Å². The van der Waals surface area contributed by atoms with Crippen LogP contribution in [0.3, 0.4) is 0 Å². The van der Waals surface area contributed by atoms with Crippen molar-refractivity contribution in [3.8, 4) is 0 Å². The van der Waals surface area contributed by atoms with Gasteiger partial charge in [-0.25, -0.2) is 0 Å². The van der Waals surface area contributed by atoms with Crippen LogP contribution in [0.2, 0.25) is 0 Å². The van der Waals surface area contributed by atoms with Crippen LogP contribution in [0.4, 0.5) is 5.69 Å². The normalized spacial score (nSPS) is 20.5. The Kier molecular flexibility index (Phi) is 5.95. The maximum Gasteiger partial charge on any atom is 0.230 e. The smallest absolute Gasteiger partial charge is 0.230 e. The first-order valence-electron chi connectivity index (χ1n) is 9.48. The maximum absolute atomic E-state index is 13.1. The van der Waals surface area contributed by atoms with E-state index in [4.69, 9.17) is 0 Å². The minimum absolute atomic E-state index is 0.215. The average molecular weight is 362 g/mol. The van der Waals surface area contributed by atoms with Crippen LogP contribution in [0, 0.1) is 5.92 Å². The molecule has 1 aliphatic heterocycles. The number of hydrogen-bond donors (Lipinski definition) is 2. The van der Waals surface area contributed by atoms with E-state index in [1.165, 1.54) is 25.9 Å². The van der Waals surface area contributed by atoms with Gasteiger partial charge in [-0.15, -0.1) is 0 Å². The summed E-state index contributed by atoms with van der Waals surface area (Å²) in [6.45, 7) is 7.75. The predicted molar refractivity (Wildman–Crippen MR) is 107 cm³/mol. The first-order chi connectivity index (χ1) is 12.0. The van der Waals surface area contributed by atoms with Gasteiger partial charge in [-0.2, -0.15) is 0 Å². The second kappa shape index (κ2) is 8.00. The van der Waals surface area contributed by atoms with Gasteiger partial charge in [0, 0.05) is 24.5 Å². The van der Waals surface area contributed by atoms with Crippen LogP contribution in [-0.2, 0) is 10.2 Å². The summed E-state index contributed by atoms with van der Waals surface area (Å²) in [5.74, 6) is 0.663. The zero-order chi connectivity index (χ0) is 17.9. The maximum atomic E-state index is 13.1. The standard InChI is InChI=1S/C20H31N3OS/c1-15(2)18(14-23-11-4-5-12-23)21-19(24)20(9-10-20)16-7-6-8-17(13-16)22-25-3/h6-8,13,15,18,22H,4-5,9-12,14H2,1-3H3,(H,21,24). The zero-order valence-electron chi connectivity index (χ0n) is 15.7. The number of nitrogens with one attached hydrogen (secondary N) is 2. The molecule has 2 N–H and O–H groups in total. The molecule has 0 spiro atoms. The number of carbonyl (C=O) groups is 1. The molecular weight excluding hydrogens is 330 g/mol. The Morgan fingerprint density at radius 2 is 2.00 bits per heavy atom. The lowest BCUT2D eigenvalue weighted by Gasteiger charge is -2.29. The molecule has 0 radical (unpaired) electrons. The highest BCUT2D eigenvalue weighted by atomic mass is 32.2. The van der Waals surface area contributed by atoms with Gasteiger partial charge in [-0.1, -0.05) is 37.9 Å². The van der Waals surface area contributed by atoms with Gasteiger partial charge in [-0.3, -0.25) is 4.79 Å². The molecule has 2 aliphatic rings. The Bertz CT molecular complexity index is 594. The van der Waals surface area contributed by atoms with Crippen molar-refractivity contribution < 1.29 is 4.79 Å². The lowest BCUT2D eigenvalue weighted by Crippen LogP contribution is -2.49. The molecule has 2 fully saturated rings. The number of benzene rings is 1. The van der Waals surface area contributed by atoms with Crippen molar-refractivity contribution in [1.29, 1.82) is 0 Å². The van der Waals surface area contributed by atoms with E-state index >= 15 is 0 Å². The number of rotatable bonds is 8. The largest absolute Gasteiger partial charge is 0.351 e. The van der Waals surface area contributed by atoms with E-state index in [9.17, 15) is 4.79 Å². The van der Waals surface area contributed by atoms with Crippen molar-refractivity contribution in [2.24, 2.45) is 5.92 Å². The number of likely N-dealkylation sites (tertiary alicyclic amines) is 1. The summed E-state index contributed by atoms with van der Waals surface area (Å²) < 4.78 is 3.27. The molecule has 0 bridgehead atoms. The molecule has 1 unspecified atom stereocenters. The van der Waals surface area contributed by atoms with E-state index in [0.717, 1.165) is 30.6 Å². The number of hydrogen-bond acceptors (Lipinski definition) is 4. The Morgan fingerprint density at radius 1 is 1.28 bits per heavy atom. The topological polar surface area (TPSA) is 44.4 Å². The fraction of sp³-hybridized carbons (Fsp3) is 0.650. The molecule has 0 aromatic heterocycles. The van der Waals surface area contributed by atoms with Gasteiger partial charge in [0.05, 0.1) is 5.41 Å². The monoisotopic (exact) mass is 361 g/mol. The van der Waals surface area contributed by atoms with E-state index < -0.39 is 0 Å². The summed E-state index contributed by atoms with van der Waals surface area (Å²) in [5, 5.41) is 3.39.